The van der Waals surface area contributed by atoms with Gasteiger partial charge in [0.15, 0.2) is 0 Å². The number of carbonyl (C=O) groups excluding carboxylic acids is 2. The molecule has 1 heterocycles. The zero-order valence-corrected chi connectivity index (χ0v) is 13.3. The minimum absolute atomic E-state index is 0. The molecule has 1 aromatic carbocycles. The number of hydrogen-bond acceptors (Lipinski definition) is 3. The molecule has 1 aromatic rings. The van der Waals surface area contributed by atoms with Crippen LogP contribution in [0.3, 0.4) is 0 Å². The molecule has 4 nitrogen and oxygen atoms in total. The molecule has 19 heavy (non-hydrogen) atoms. The van der Waals surface area contributed by atoms with Crippen LogP contribution in [0.25, 0.3) is 0 Å². The fraction of sp³-hybridized carbons (Fsp3) is 0.429. The van der Waals surface area contributed by atoms with Gasteiger partial charge in [0, 0.05) is 6.04 Å². The van der Waals surface area contributed by atoms with E-state index in [1.807, 2.05) is 37.3 Å². The number of carbonyl (C=O) groups is 2. The largest absolute Gasteiger partial charge is 1.00 e. The third-order valence-electron chi connectivity index (χ3n) is 3.50. The number of benzene rings is 1. The molecule has 0 bridgehead atoms. The molecule has 0 spiro atoms. The van der Waals surface area contributed by atoms with Crippen LogP contribution in [-0.4, -0.2) is 22.8 Å². The zero-order valence-electron chi connectivity index (χ0n) is 11.3. The fourth-order valence-corrected chi connectivity index (χ4v) is 2.64. The van der Waals surface area contributed by atoms with Gasteiger partial charge in [-0.05, 0) is 31.7 Å². The van der Waals surface area contributed by atoms with E-state index in [-0.39, 0.29) is 41.6 Å². The number of aliphatic carboxylic acids is 1. The van der Waals surface area contributed by atoms with Crippen molar-refractivity contribution < 1.29 is 44.3 Å². The van der Waals surface area contributed by atoms with Crippen LogP contribution in [0.5, 0.6) is 0 Å². The Balaban J connectivity index is 0.00000180. The third kappa shape index (κ3) is 3.59. The Labute approximate surface area is 135 Å². The molecule has 0 saturated carbocycles. The van der Waals surface area contributed by atoms with Gasteiger partial charge in [0.2, 0.25) is 0 Å². The van der Waals surface area contributed by atoms with E-state index in [1.54, 1.807) is 0 Å². The Morgan fingerprint density at radius 3 is 2.42 bits per heavy atom. The van der Waals surface area contributed by atoms with Crippen molar-refractivity contribution in [2.75, 3.05) is 0 Å². The van der Waals surface area contributed by atoms with E-state index in [4.69, 9.17) is 0 Å². The van der Waals surface area contributed by atoms with Crippen molar-refractivity contribution in [2.45, 2.75) is 38.3 Å². The molecule has 0 aliphatic carbocycles. The SMILES string of the molecule is C[C@H]1CCC[C@@H](c2ccccc2)N1C(=O)C(=O)[O-].[Na+]. The Bertz CT molecular complexity index is 449. The summed E-state index contributed by atoms with van der Waals surface area (Å²) in [5, 5.41) is 10.8. The zero-order chi connectivity index (χ0) is 13.1. The van der Waals surface area contributed by atoms with Gasteiger partial charge in [-0.3, -0.25) is 4.79 Å². The van der Waals surface area contributed by atoms with Crippen LogP contribution >= 0.6 is 0 Å². The van der Waals surface area contributed by atoms with Gasteiger partial charge in [0.05, 0.1) is 6.04 Å². The summed E-state index contributed by atoms with van der Waals surface area (Å²) in [6.45, 7) is 1.88. The quantitative estimate of drug-likeness (QED) is 0.433. The Morgan fingerprint density at radius 1 is 1.21 bits per heavy atom. The van der Waals surface area contributed by atoms with Crippen LogP contribution in [0, 0.1) is 0 Å². The van der Waals surface area contributed by atoms with Crippen LogP contribution in [0.2, 0.25) is 0 Å². The van der Waals surface area contributed by atoms with Gasteiger partial charge in [0.25, 0.3) is 5.91 Å². The number of carboxylic acids is 1. The summed E-state index contributed by atoms with van der Waals surface area (Å²) in [7, 11) is 0. The average Bonchev–Trinajstić information content (AvgIpc) is 2.38. The predicted molar refractivity (Wildman–Crippen MR) is 64.3 cm³/mol. The van der Waals surface area contributed by atoms with Gasteiger partial charge in [-0.1, -0.05) is 30.3 Å². The second-order valence-corrected chi connectivity index (χ2v) is 4.71. The number of piperidine rings is 1. The molecular formula is C14H16NNaO3. The predicted octanol–water partition coefficient (Wildman–Crippen LogP) is -2.12. The van der Waals surface area contributed by atoms with Crippen LogP contribution in [0.15, 0.2) is 30.3 Å². The van der Waals surface area contributed by atoms with E-state index in [1.165, 1.54) is 4.90 Å². The van der Waals surface area contributed by atoms with Crippen molar-refractivity contribution in [3.8, 4) is 0 Å². The molecule has 0 radical (unpaired) electrons. The molecule has 5 heteroatoms. The van der Waals surface area contributed by atoms with Gasteiger partial charge in [-0.15, -0.1) is 0 Å². The van der Waals surface area contributed by atoms with Gasteiger partial charge in [0.1, 0.15) is 5.97 Å². The molecule has 2 rings (SSSR count). The summed E-state index contributed by atoms with van der Waals surface area (Å²) >= 11 is 0. The Hall–Kier alpha value is -0.840. The van der Waals surface area contributed by atoms with Crippen LogP contribution < -0.4 is 34.7 Å². The molecule has 1 aliphatic heterocycles. The summed E-state index contributed by atoms with van der Waals surface area (Å²) in [6.07, 6.45) is 2.63. The first-order chi connectivity index (χ1) is 8.61. The average molecular weight is 269 g/mol. The normalized spacial score (nSPS) is 22.5. The maximum absolute atomic E-state index is 11.8. The summed E-state index contributed by atoms with van der Waals surface area (Å²) in [5.74, 6) is -2.53. The van der Waals surface area contributed by atoms with E-state index < -0.39 is 11.9 Å². The first-order valence-electron chi connectivity index (χ1n) is 6.20. The summed E-state index contributed by atoms with van der Waals surface area (Å²) in [5.41, 5.74) is 0.985. The second-order valence-electron chi connectivity index (χ2n) is 4.71. The summed E-state index contributed by atoms with van der Waals surface area (Å²) < 4.78 is 0. The molecule has 1 fully saturated rings. The van der Waals surface area contributed by atoms with Gasteiger partial charge in [-0.25, -0.2) is 0 Å². The summed E-state index contributed by atoms with van der Waals surface area (Å²) in [4.78, 5) is 24.0. The number of likely N-dealkylation sites (tertiary alicyclic amines) is 1. The van der Waals surface area contributed by atoms with Crippen LogP contribution in [0.4, 0.5) is 0 Å². The maximum Gasteiger partial charge on any atom is 1.00 e. The molecular weight excluding hydrogens is 253 g/mol. The minimum Gasteiger partial charge on any atom is -0.540 e. The number of nitrogens with zero attached hydrogens (tertiary/aromatic N) is 1. The smallest absolute Gasteiger partial charge is 0.540 e. The molecule has 0 N–H and O–H groups in total. The number of rotatable bonds is 1. The first kappa shape index (κ1) is 16.2. The van der Waals surface area contributed by atoms with Crippen molar-refractivity contribution in [1.82, 2.24) is 4.90 Å². The standard InChI is InChI=1S/C14H17NO3.Na/c1-10-6-5-9-12(11-7-3-2-4-8-11)15(10)13(16)14(17)18;/h2-4,7-8,10,12H,5-6,9H2,1H3,(H,17,18);/q;+1/p-1/t10-,12-;/m0./s1. The molecule has 96 valence electrons. The fourth-order valence-electron chi connectivity index (χ4n) is 2.64. The minimum atomic E-state index is -1.62. The number of hydrogen-bond donors (Lipinski definition) is 0. The topological polar surface area (TPSA) is 60.4 Å². The van der Waals surface area contributed by atoms with E-state index in [9.17, 15) is 14.7 Å². The molecule has 2 atom stereocenters. The van der Waals surface area contributed by atoms with E-state index in [0.717, 1.165) is 24.8 Å². The molecule has 0 unspecified atom stereocenters. The van der Waals surface area contributed by atoms with Crippen LogP contribution in [0.1, 0.15) is 37.8 Å². The Kier molecular flexibility index (Phi) is 6.04. The van der Waals surface area contributed by atoms with Gasteiger partial charge >= 0.3 is 29.6 Å². The van der Waals surface area contributed by atoms with Crippen molar-refractivity contribution in [3.63, 3.8) is 0 Å². The monoisotopic (exact) mass is 269 g/mol. The van der Waals surface area contributed by atoms with Crippen LogP contribution in [-0.2, 0) is 9.59 Å². The van der Waals surface area contributed by atoms with E-state index in [0.29, 0.717) is 0 Å². The summed E-state index contributed by atoms with van der Waals surface area (Å²) in [6, 6.07) is 9.35. The number of carboxylic acid groups (broad SMARTS) is 1. The van der Waals surface area contributed by atoms with Crippen molar-refractivity contribution >= 4 is 11.9 Å². The van der Waals surface area contributed by atoms with Gasteiger partial charge < -0.3 is 14.8 Å². The van der Waals surface area contributed by atoms with E-state index >= 15 is 0 Å². The van der Waals surface area contributed by atoms with Gasteiger partial charge in [-0.2, -0.15) is 0 Å². The maximum atomic E-state index is 11.8. The van der Waals surface area contributed by atoms with Crippen molar-refractivity contribution in [2.24, 2.45) is 0 Å². The molecule has 0 aromatic heterocycles. The van der Waals surface area contributed by atoms with Crippen molar-refractivity contribution in [1.29, 1.82) is 0 Å². The Morgan fingerprint density at radius 2 is 1.84 bits per heavy atom. The first-order valence-corrected chi connectivity index (χ1v) is 6.20. The second kappa shape index (κ2) is 7.08. The number of amides is 1. The van der Waals surface area contributed by atoms with E-state index in [2.05, 4.69) is 0 Å². The van der Waals surface area contributed by atoms with Crippen molar-refractivity contribution in [3.05, 3.63) is 35.9 Å². The molecule has 1 aliphatic rings. The molecule has 1 saturated heterocycles. The molecule has 1 amide bonds. The third-order valence-corrected chi connectivity index (χ3v) is 3.50.